The second-order valence-corrected chi connectivity index (χ2v) is 4.39. The summed E-state index contributed by atoms with van der Waals surface area (Å²) < 4.78 is 5.48. The monoisotopic (exact) mass is 221 g/mol. The predicted molar refractivity (Wildman–Crippen MR) is 69.1 cm³/mol. The van der Waals surface area contributed by atoms with Gasteiger partial charge in [-0.05, 0) is 38.3 Å². The van der Waals surface area contributed by atoms with Gasteiger partial charge in [-0.25, -0.2) is 0 Å². The molecule has 2 nitrogen and oxygen atoms in total. The third-order valence-electron chi connectivity index (χ3n) is 3.22. The molecule has 0 aliphatic carbocycles. The van der Waals surface area contributed by atoms with E-state index < -0.39 is 0 Å². The van der Waals surface area contributed by atoms with Gasteiger partial charge < -0.3 is 10.1 Å². The highest BCUT2D eigenvalue weighted by Gasteiger charge is 2.08. The zero-order chi connectivity index (χ0) is 12.1. The van der Waals surface area contributed by atoms with Gasteiger partial charge in [0.25, 0.3) is 0 Å². The van der Waals surface area contributed by atoms with Crippen LogP contribution in [0.3, 0.4) is 0 Å². The molecule has 90 valence electrons. The molecule has 0 aliphatic heterocycles. The quantitative estimate of drug-likeness (QED) is 0.824. The lowest BCUT2D eigenvalue weighted by Crippen LogP contribution is -2.24. The Morgan fingerprint density at radius 3 is 2.56 bits per heavy atom. The summed E-state index contributed by atoms with van der Waals surface area (Å²) in [7, 11) is 1.74. The summed E-state index contributed by atoms with van der Waals surface area (Å²) in [5.41, 5.74) is 3.76. The molecule has 0 saturated heterocycles. The molecule has 1 atom stereocenters. The van der Waals surface area contributed by atoms with Crippen molar-refractivity contribution in [1.82, 2.24) is 5.32 Å². The standard InChI is InChI=1S/C14H23NO/c1-6-11(3)15-9-13-8-7-10(2)12(4)14(13)16-5/h7-8,11,15H,6,9H2,1-5H3. The number of aryl methyl sites for hydroxylation is 1. The third kappa shape index (κ3) is 2.99. The van der Waals surface area contributed by atoms with Crippen molar-refractivity contribution < 1.29 is 4.74 Å². The molecule has 1 aromatic carbocycles. The van der Waals surface area contributed by atoms with Crippen molar-refractivity contribution in [2.75, 3.05) is 7.11 Å². The lowest BCUT2D eigenvalue weighted by atomic mass is 10.0. The van der Waals surface area contributed by atoms with Crippen LogP contribution in [0, 0.1) is 13.8 Å². The highest BCUT2D eigenvalue weighted by molar-refractivity contribution is 5.45. The Morgan fingerprint density at radius 2 is 2.00 bits per heavy atom. The first kappa shape index (κ1) is 13.0. The average molecular weight is 221 g/mol. The summed E-state index contributed by atoms with van der Waals surface area (Å²) in [5.74, 6) is 1.02. The molecule has 16 heavy (non-hydrogen) atoms. The highest BCUT2D eigenvalue weighted by Crippen LogP contribution is 2.26. The van der Waals surface area contributed by atoms with Crippen LogP contribution < -0.4 is 10.1 Å². The van der Waals surface area contributed by atoms with E-state index in [9.17, 15) is 0 Å². The fraction of sp³-hybridized carbons (Fsp3) is 0.571. The van der Waals surface area contributed by atoms with Gasteiger partial charge in [-0.1, -0.05) is 19.1 Å². The lowest BCUT2D eigenvalue weighted by Gasteiger charge is -2.16. The maximum atomic E-state index is 5.48. The summed E-state index contributed by atoms with van der Waals surface area (Å²) >= 11 is 0. The van der Waals surface area contributed by atoms with Crippen molar-refractivity contribution in [3.8, 4) is 5.75 Å². The van der Waals surface area contributed by atoms with E-state index in [2.05, 4.69) is 45.1 Å². The van der Waals surface area contributed by atoms with E-state index in [0.29, 0.717) is 6.04 Å². The van der Waals surface area contributed by atoms with Crippen molar-refractivity contribution in [3.05, 3.63) is 28.8 Å². The van der Waals surface area contributed by atoms with Crippen LogP contribution in [0.5, 0.6) is 5.75 Å². The van der Waals surface area contributed by atoms with Gasteiger partial charge in [0, 0.05) is 18.2 Å². The summed E-state index contributed by atoms with van der Waals surface area (Å²) in [5, 5.41) is 3.49. The van der Waals surface area contributed by atoms with Crippen LogP contribution in [0.4, 0.5) is 0 Å². The molecule has 1 aromatic rings. The number of hydrogen-bond acceptors (Lipinski definition) is 2. The van der Waals surface area contributed by atoms with Gasteiger partial charge in [-0.2, -0.15) is 0 Å². The van der Waals surface area contributed by atoms with Gasteiger partial charge in [0.05, 0.1) is 7.11 Å². The van der Waals surface area contributed by atoms with Crippen LogP contribution in [0.1, 0.15) is 37.0 Å². The molecule has 0 amide bonds. The van der Waals surface area contributed by atoms with Gasteiger partial charge >= 0.3 is 0 Å². The van der Waals surface area contributed by atoms with Crippen molar-refractivity contribution in [2.45, 2.75) is 46.7 Å². The number of hydrogen-bond donors (Lipinski definition) is 1. The molecule has 1 unspecified atom stereocenters. The minimum atomic E-state index is 0.548. The van der Waals surface area contributed by atoms with Crippen molar-refractivity contribution >= 4 is 0 Å². The molecule has 0 heterocycles. The molecule has 0 radical (unpaired) electrons. The second-order valence-electron chi connectivity index (χ2n) is 4.39. The first-order valence-corrected chi connectivity index (χ1v) is 5.96. The van der Waals surface area contributed by atoms with Crippen LogP contribution in [-0.4, -0.2) is 13.2 Å². The molecule has 2 heteroatoms. The minimum absolute atomic E-state index is 0.548. The van der Waals surface area contributed by atoms with Crippen LogP contribution >= 0.6 is 0 Å². The zero-order valence-electron chi connectivity index (χ0n) is 11.1. The number of methoxy groups -OCH3 is 1. The molecule has 0 aromatic heterocycles. The maximum absolute atomic E-state index is 5.48. The predicted octanol–water partition coefficient (Wildman–Crippen LogP) is 3.20. The number of benzene rings is 1. The second kappa shape index (κ2) is 5.90. The first-order chi connectivity index (χ1) is 7.60. The summed E-state index contributed by atoms with van der Waals surface area (Å²) in [6, 6.07) is 4.86. The largest absolute Gasteiger partial charge is 0.496 e. The van der Waals surface area contributed by atoms with Gasteiger partial charge in [0.2, 0.25) is 0 Å². The molecule has 0 fully saturated rings. The van der Waals surface area contributed by atoms with Crippen molar-refractivity contribution in [1.29, 1.82) is 0 Å². The number of ether oxygens (including phenoxy) is 1. The SMILES string of the molecule is CCC(C)NCc1ccc(C)c(C)c1OC. The summed E-state index contributed by atoms with van der Waals surface area (Å²) in [6.45, 7) is 9.49. The van der Waals surface area contributed by atoms with E-state index in [1.165, 1.54) is 16.7 Å². The average Bonchev–Trinajstić information content (AvgIpc) is 2.30. The highest BCUT2D eigenvalue weighted by atomic mass is 16.5. The zero-order valence-corrected chi connectivity index (χ0v) is 11.1. The van der Waals surface area contributed by atoms with Crippen molar-refractivity contribution in [3.63, 3.8) is 0 Å². The minimum Gasteiger partial charge on any atom is -0.496 e. The molecule has 0 spiro atoms. The Morgan fingerprint density at radius 1 is 1.31 bits per heavy atom. The molecule has 0 saturated carbocycles. The fourth-order valence-corrected chi connectivity index (χ4v) is 1.70. The smallest absolute Gasteiger partial charge is 0.126 e. The van der Waals surface area contributed by atoms with E-state index in [1.54, 1.807) is 7.11 Å². The van der Waals surface area contributed by atoms with Crippen LogP contribution in [0.15, 0.2) is 12.1 Å². The molecule has 1 rings (SSSR count). The van der Waals surface area contributed by atoms with Gasteiger partial charge in [0.15, 0.2) is 0 Å². The van der Waals surface area contributed by atoms with E-state index in [1.807, 2.05) is 0 Å². The Bertz CT molecular complexity index is 347. The third-order valence-corrected chi connectivity index (χ3v) is 3.22. The maximum Gasteiger partial charge on any atom is 0.126 e. The van der Waals surface area contributed by atoms with Crippen LogP contribution in [-0.2, 0) is 6.54 Å². The van der Waals surface area contributed by atoms with Crippen LogP contribution in [0.2, 0.25) is 0 Å². The molecular weight excluding hydrogens is 198 g/mol. The van der Waals surface area contributed by atoms with E-state index >= 15 is 0 Å². The molecule has 0 aliphatic rings. The summed E-state index contributed by atoms with van der Waals surface area (Å²) in [6.07, 6.45) is 1.15. The number of rotatable bonds is 5. The number of nitrogens with one attached hydrogen (secondary N) is 1. The Labute approximate surface area is 99.0 Å². The van der Waals surface area contributed by atoms with E-state index in [-0.39, 0.29) is 0 Å². The molecule has 0 bridgehead atoms. The van der Waals surface area contributed by atoms with E-state index in [0.717, 1.165) is 18.7 Å². The fourth-order valence-electron chi connectivity index (χ4n) is 1.70. The Balaban J connectivity index is 2.84. The lowest BCUT2D eigenvalue weighted by molar-refractivity contribution is 0.402. The first-order valence-electron chi connectivity index (χ1n) is 5.96. The summed E-state index contributed by atoms with van der Waals surface area (Å²) in [4.78, 5) is 0. The van der Waals surface area contributed by atoms with Crippen LogP contribution in [0.25, 0.3) is 0 Å². The molecule has 1 N–H and O–H groups in total. The molecular formula is C14H23NO. The van der Waals surface area contributed by atoms with Gasteiger partial charge in [-0.3, -0.25) is 0 Å². The van der Waals surface area contributed by atoms with E-state index in [4.69, 9.17) is 4.74 Å². The normalized spacial score (nSPS) is 12.6. The van der Waals surface area contributed by atoms with Gasteiger partial charge in [-0.15, -0.1) is 0 Å². The van der Waals surface area contributed by atoms with Gasteiger partial charge in [0.1, 0.15) is 5.75 Å². The topological polar surface area (TPSA) is 21.3 Å². The Hall–Kier alpha value is -1.02. The van der Waals surface area contributed by atoms with Crippen molar-refractivity contribution in [2.24, 2.45) is 0 Å². The Kier molecular flexibility index (Phi) is 4.81.